The van der Waals surface area contributed by atoms with Crippen LogP contribution in [-0.4, -0.2) is 17.6 Å². The van der Waals surface area contributed by atoms with Crippen molar-refractivity contribution in [2.24, 2.45) is 5.41 Å². The molecule has 1 saturated carbocycles. The summed E-state index contributed by atoms with van der Waals surface area (Å²) >= 11 is 1.79. The Labute approximate surface area is 109 Å². The van der Waals surface area contributed by atoms with E-state index in [2.05, 4.69) is 29.5 Å². The van der Waals surface area contributed by atoms with Gasteiger partial charge in [-0.05, 0) is 31.2 Å². The molecule has 0 saturated heterocycles. The quantitative estimate of drug-likeness (QED) is 0.836. The Morgan fingerprint density at radius 3 is 2.71 bits per heavy atom. The van der Waals surface area contributed by atoms with Crippen LogP contribution in [0.1, 0.15) is 51.0 Å². The maximum absolute atomic E-state index is 4.45. The Hall–Kier alpha value is -0.410. The third-order valence-electron chi connectivity index (χ3n) is 4.36. The second-order valence-electron chi connectivity index (χ2n) is 5.16. The molecule has 0 radical (unpaired) electrons. The molecule has 17 heavy (non-hydrogen) atoms. The van der Waals surface area contributed by atoms with Crippen LogP contribution in [0.2, 0.25) is 0 Å². The lowest BCUT2D eigenvalue weighted by atomic mass is 9.75. The van der Waals surface area contributed by atoms with Gasteiger partial charge in [0.15, 0.2) is 0 Å². The van der Waals surface area contributed by atoms with Crippen LogP contribution < -0.4 is 5.32 Å². The molecule has 1 aromatic rings. The van der Waals surface area contributed by atoms with Gasteiger partial charge in [-0.3, -0.25) is 0 Å². The average Bonchev–Trinajstić information content (AvgIpc) is 3.00. The largest absolute Gasteiger partial charge is 0.313 e. The molecule has 1 fully saturated rings. The molecule has 0 aliphatic heterocycles. The highest BCUT2D eigenvalue weighted by Crippen LogP contribution is 2.44. The van der Waals surface area contributed by atoms with Crippen LogP contribution in [0.15, 0.2) is 11.6 Å². The standard InChI is InChI=1S/C14H24N2S/c1-3-14(7-5-6-8-14)12(15-4-2)11-13-16-9-10-17-13/h9-10,12,15H,3-8,11H2,1-2H3. The molecule has 1 N–H and O–H groups in total. The van der Waals surface area contributed by atoms with Crippen LogP contribution in [0.3, 0.4) is 0 Å². The molecule has 1 aliphatic carbocycles. The van der Waals surface area contributed by atoms with Gasteiger partial charge in [-0.1, -0.05) is 26.7 Å². The maximum atomic E-state index is 4.45. The molecular formula is C14H24N2S. The van der Waals surface area contributed by atoms with Crippen molar-refractivity contribution in [3.63, 3.8) is 0 Å². The third kappa shape index (κ3) is 2.89. The van der Waals surface area contributed by atoms with E-state index in [1.807, 2.05) is 6.20 Å². The predicted molar refractivity (Wildman–Crippen MR) is 74.5 cm³/mol. The average molecular weight is 252 g/mol. The van der Waals surface area contributed by atoms with Crippen LogP contribution in [0.5, 0.6) is 0 Å². The molecule has 96 valence electrons. The van der Waals surface area contributed by atoms with Crippen LogP contribution in [0.4, 0.5) is 0 Å². The molecule has 1 atom stereocenters. The summed E-state index contributed by atoms with van der Waals surface area (Å²) in [6, 6.07) is 0.617. The molecule has 1 aromatic heterocycles. The van der Waals surface area contributed by atoms with Crippen molar-refractivity contribution >= 4 is 11.3 Å². The van der Waals surface area contributed by atoms with Crippen molar-refractivity contribution in [3.8, 4) is 0 Å². The van der Waals surface area contributed by atoms with Gasteiger partial charge in [-0.25, -0.2) is 4.98 Å². The zero-order valence-electron chi connectivity index (χ0n) is 11.0. The number of hydrogen-bond donors (Lipinski definition) is 1. The molecular weight excluding hydrogens is 228 g/mol. The number of nitrogens with one attached hydrogen (secondary N) is 1. The first-order valence-electron chi connectivity index (χ1n) is 6.92. The van der Waals surface area contributed by atoms with Crippen molar-refractivity contribution in [1.82, 2.24) is 10.3 Å². The van der Waals surface area contributed by atoms with Crippen LogP contribution >= 0.6 is 11.3 Å². The van der Waals surface area contributed by atoms with Gasteiger partial charge in [0.2, 0.25) is 0 Å². The predicted octanol–water partition coefficient (Wildman–Crippen LogP) is 3.63. The Bertz CT molecular complexity index is 315. The van der Waals surface area contributed by atoms with Gasteiger partial charge in [-0.2, -0.15) is 0 Å². The summed E-state index contributed by atoms with van der Waals surface area (Å²) in [5.41, 5.74) is 0.529. The van der Waals surface area contributed by atoms with Crippen molar-refractivity contribution in [2.75, 3.05) is 6.54 Å². The highest BCUT2D eigenvalue weighted by atomic mass is 32.1. The normalized spacial score (nSPS) is 20.6. The summed E-state index contributed by atoms with van der Waals surface area (Å²) in [6.07, 6.45) is 9.95. The number of rotatable bonds is 6. The van der Waals surface area contributed by atoms with Gasteiger partial charge in [0, 0.05) is 24.0 Å². The summed E-state index contributed by atoms with van der Waals surface area (Å²) in [4.78, 5) is 4.45. The fourth-order valence-corrected chi connectivity index (χ4v) is 3.97. The number of hydrogen-bond acceptors (Lipinski definition) is 3. The summed E-state index contributed by atoms with van der Waals surface area (Å²) in [7, 11) is 0. The highest BCUT2D eigenvalue weighted by Gasteiger charge is 2.39. The second-order valence-corrected chi connectivity index (χ2v) is 6.14. The first-order chi connectivity index (χ1) is 8.30. The minimum Gasteiger partial charge on any atom is -0.313 e. The van der Waals surface area contributed by atoms with E-state index >= 15 is 0 Å². The van der Waals surface area contributed by atoms with Crippen molar-refractivity contribution in [2.45, 2.75) is 58.4 Å². The Balaban J connectivity index is 2.09. The van der Waals surface area contributed by atoms with Gasteiger partial charge in [0.05, 0.1) is 5.01 Å². The number of aromatic nitrogens is 1. The molecule has 2 rings (SSSR count). The van der Waals surface area contributed by atoms with Gasteiger partial charge in [-0.15, -0.1) is 11.3 Å². The molecule has 1 unspecified atom stereocenters. The first kappa shape index (κ1) is 13.0. The third-order valence-corrected chi connectivity index (χ3v) is 5.16. The van der Waals surface area contributed by atoms with Crippen LogP contribution in [-0.2, 0) is 6.42 Å². The lowest BCUT2D eigenvalue weighted by molar-refractivity contribution is 0.186. The SMILES string of the molecule is CCNC(Cc1nccs1)C1(CC)CCCC1. The Kier molecular flexibility index (Phi) is 4.57. The minimum absolute atomic E-state index is 0.529. The van der Waals surface area contributed by atoms with E-state index in [0.717, 1.165) is 13.0 Å². The second kappa shape index (κ2) is 5.96. The van der Waals surface area contributed by atoms with Gasteiger partial charge >= 0.3 is 0 Å². The van der Waals surface area contributed by atoms with E-state index < -0.39 is 0 Å². The van der Waals surface area contributed by atoms with E-state index in [1.54, 1.807) is 11.3 Å². The molecule has 3 heteroatoms. The molecule has 0 aromatic carbocycles. The van der Waals surface area contributed by atoms with Gasteiger partial charge < -0.3 is 5.32 Å². The molecule has 0 bridgehead atoms. The zero-order chi connectivity index (χ0) is 12.1. The van der Waals surface area contributed by atoms with Crippen molar-refractivity contribution in [3.05, 3.63) is 16.6 Å². The van der Waals surface area contributed by atoms with E-state index in [-0.39, 0.29) is 0 Å². The summed E-state index contributed by atoms with van der Waals surface area (Å²) in [5, 5.41) is 7.10. The number of thiazole rings is 1. The van der Waals surface area contributed by atoms with E-state index in [1.165, 1.54) is 37.1 Å². The fraction of sp³-hybridized carbons (Fsp3) is 0.786. The van der Waals surface area contributed by atoms with E-state index in [0.29, 0.717) is 11.5 Å². The minimum atomic E-state index is 0.529. The van der Waals surface area contributed by atoms with Crippen LogP contribution in [0, 0.1) is 5.41 Å². The Morgan fingerprint density at radius 1 is 1.41 bits per heavy atom. The van der Waals surface area contributed by atoms with E-state index in [9.17, 15) is 0 Å². The smallest absolute Gasteiger partial charge is 0.0940 e. The fourth-order valence-electron chi connectivity index (χ4n) is 3.31. The summed E-state index contributed by atoms with van der Waals surface area (Å²) < 4.78 is 0. The topological polar surface area (TPSA) is 24.9 Å². The van der Waals surface area contributed by atoms with Crippen molar-refractivity contribution in [1.29, 1.82) is 0 Å². The highest BCUT2D eigenvalue weighted by molar-refractivity contribution is 7.09. The molecule has 0 amide bonds. The number of nitrogens with zero attached hydrogens (tertiary/aromatic N) is 1. The maximum Gasteiger partial charge on any atom is 0.0940 e. The van der Waals surface area contributed by atoms with Crippen LogP contribution in [0.25, 0.3) is 0 Å². The van der Waals surface area contributed by atoms with Crippen molar-refractivity contribution < 1.29 is 0 Å². The first-order valence-corrected chi connectivity index (χ1v) is 7.80. The molecule has 2 nitrogen and oxygen atoms in total. The molecule has 1 heterocycles. The number of likely N-dealkylation sites (N-methyl/N-ethyl adjacent to an activating group) is 1. The summed E-state index contributed by atoms with van der Waals surface area (Å²) in [5.74, 6) is 0. The zero-order valence-corrected chi connectivity index (χ0v) is 11.9. The van der Waals surface area contributed by atoms with Gasteiger partial charge in [0.1, 0.15) is 0 Å². The van der Waals surface area contributed by atoms with Gasteiger partial charge in [0.25, 0.3) is 0 Å². The van der Waals surface area contributed by atoms with E-state index in [4.69, 9.17) is 0 Å². The summed E-state index contributed by atoms with van der Waals surface area (Å²) in [6.45, 7) is 5.64. The Morgan fingerprint density at radius 2 is 2.18 bits per heavy atom. The lowest BCUT2D eigenvalue weighted by Crippen LogP contribution is -2.45. The molecule has 0 spiro atoms. The lowest BCUT2D eigenvalue weighted by Gasteiger charge is -2.37. The monoisotopic (exact) mass is 252 g/mol. The molecule has 1 aliphatic rings.